The molecule has 0 spiro atoms. The van der Waals surface area contributed by atoms with Gasteiger partial charge >= 0.3 is 0 Å². The van der Waals surface area contributed by atoms with Crippen LogP contribution in [0.5, 0.6) is 0 Å². The summed E-state index contributed by atoms with van der Waals surface area (Å²) in [5.74, 6) is 1.59. The van der Waals surface area contributed by atoms with Crippen LogP contribution >= 0.6 is 11.6 Å². The normalized spacial score (nSPS) is 10.4. The number of nitrogens with one attached hydrogen (secondary N) is 2. The van der Waals surface area contributed by atoms with Crippen molar-refractivity contribution < 1.29 is 4.39 Å². The minimum Gasteiger partial charge on any atom is -0.373 e. The fraction of sp³-hybridized carbons (Fsp3) is 0.286. The van der Waals surface area contributed by atoms with Crippen LogP contribution in [-0.2, 0) is 6.42 Å². The lowest BCUT2D eigenvalue weighted by molar-refractivity contribution is 0.632. The molecule has 0 atom stereocenters. The van der Waals surface area contributed by atoms with Gasteiger partial charge in [-0.2, -0.15) is 0 Å². The largest absolute Gasteiger partial charge is 0.373 e. The first-order valence-corrected chi connectivity index (χ1v) is 6.70. The topological polar surface area (TPSA) is 49.8 Å². The molecule has 0 bridgehead atoms. The zero-order valence-electron chi connectivity index (χ0n) is 11.6. The molecule has 1 heterocycles. The molecule has 1 aromatic heterocycles. The van der Waals surface area contributed by atoms with E-state index in [9.17, 15) is 4.39 Å². The number of aromatic nitrogens is 2. The Hall–Kier alpha value is -1.88. The minimum absolute atomic E-state index is 0.334. The molecule has 2 N–H and O–H groups in total. The smallest absolute Gasteiger partial charge is 0.148 e. The van der Waals surface area contributed by atoms with E-state index >= 15 is 0 Å². The lowest BCUT2D eigenvalue weighted by atomic mass is 10.2. The highest BCUT2D eigenvalue weighted by molar-refractivity contribution is 6.30. The zero-order chi connectivity index (χ0) is 14.7. The van der Waals surface area contributed by atoms with Crippen molar-refractivity contribution in [3.8, 4) is 0 Å². The van der Waals surface area contributed by atoms with Crippen LogP contribution in [0, 0.1) is 12.7 Å². The van der Waals surface area contributed by atoms with Crippen LogP contribution in [0.3, 0.4) is 0 Å². The zero-order valence-corrected chi connectivity index (χ0v) is 12.3. The van der Waals surface area contributed by atoms with Crippen molar-refractivity contribution in [1.29, 1.82) is 0 Å². The van der Waals surface area contributed by atoms with Crippen LogP contribution in [0.4, 0.5) is 21.7 Å². The maximum atomic E-state index is 13.8. The number of hydrogen-bond donors (Lipinski definition) is 2. The van der Waals surface area contributed by atoms with Gasteiger partial charge in [0.15, 0.2) is 0 Å². The number of anilines is 3. The summed E-state index contributed by atoms with van der Waals surface area (Å²) in [4.78, 5) is 8.77. The van der Waals surface area contributed by atoms with E-state index in [0.29, 0.717) is 28.8 Å². The summed E-state index contributed by atoms with van der Waals surface area (Å²) in [6.07, 6.45) is 0.701. The van der Waals surface area contributed by atoms with Gasteiger partial charge < -0.3 is 10.6 Å². The van der Waals surface area contributed by atoms with Gasteiger partial charge in [0.05, 0.1) is 5.69 Å². The van der Waals surface area contributed by atoms with Gasteiger partial charge in [-0.3, -0.25) is 0 Å². The highest BCUT2D eigenvalue weighted by Crippen LogP contribution is 2.26. The number of nitrogens with zero attached hydrogens (tertiary/aromatic N) is 2. The van der Waals surface area contributed by atoms with E-state index in [1.165, 1.54) is 6.07 Å². The number of rotatable bonds is 4. The van der Waals surface area contributed by atoms with Crippen molar-refractivity contribution in [2.45, 2.75) is 20.3 Å². The van der Waals surface area contributed by atoms with Gasteiger partial charge in [-0.25, -0.2) is 14.4 Å². The summed E-state index contributed by atoms with van der Waals surface area (Å²) < 4.78 is 13.8. The van der Waals surface area contributed by atoms with Gasteiger partial charge in [0.25, 0.3) is 0 Å². The lowest BCUT2D eigenvalue weighted by Crippen LogP contribution is -2.07. The summed E-state index contributed by atoms with van der Waals surface area (Å²) >= 11 is 5.74. The molecule has 0 aliphatic rings. The van der Waals surface area contributed by atoms with Crippen LogP contribution in [0.25, 0.3) is 0 Å². The summed E-state index contributed by atoms with van der Waals surface area (Å²) in [6.45, 7) is 3.85. The lowest BCUT2D eigenvalue weighted by Gasteiger charge is -2.13. The summed E-state index contributed by atoms with van der Waals surface area (Å²) in [5.41, 5.74) is 1.17. The van der Waals surface area contributed by atoms with E-state index in [2.05, 4.69) is 20.6 Å². The van der Waals surface area contributed by atoms with Gasteiger partial charge in [0.2, 0.25) is 0 Å². The van der Waals surface area contributed by atoms with Crippen molar-refractivity contribution in [2.24, 2.45) is 0 Å². The third-order valence-electron chi connectivity index (χ3n) is 2.93. The van der Waals surface area contributed by atoms with Crippen LogP contribution in [-0.4, -0.2) is 17.0 Å². The van der Waals surface area contributed by atoms with E-state index in [-0.39, 0.29) is 0 Å². The monoisotopic (exact) mass is 294 g/mol. The second-order valence-corrected chi connectivity index (χ2v) is 4.75. The van der Waals surface area contributed by atoms with Gasteiger partial charge in [-0.15, -0.1) is 0 Å². The predicted octanol–water partition coefficient (Wildman–Crippen LogP) is 3.93. The molecule has 0 radical (unpaired) electrons. The summed E-state index contributed by atoms with van der Waals surface area (Å²) in [7, 11) is 1.79. The molecule has 4 nitrogen and oxygen atoms in total. The first-order valence-electron chi connectivity index (χ1n) is 6.32. The van der Waals surface area contributed by atoms with E-state index in [1.807, 2.05) is 13.8 Å². The van der Waals surface area contributed by atoms with Crippen LogP contribution in [0.2, 0.25) is 5.02 Å². The molecule has 2 aromatic rings. The van der Waals surface area contributed by atoms with Crippen LogP contribution < -0.4 is 10.6 Å². The third-order valence-corrected chi connectivity index (χ3v) is 3.16. The average molecular weight is 295 g/mol. The molecule has 0 saturated carbocycles. The quantitative estimate of drug-likeness (QED) is 0.897. The molecule has 0 aliphatic heterocycles. The van der Waals surface area contributed by atoms with E-state index in [1.54, 1.807) is 19.2 Å². The van der Waals surface area contributed by atoms with Gasteiger partial charge in [-0.05, 0) is 25.1 Å². The maximum absolute atomic E-state index is 13.8. The minimum atomic E-state index is -0.417. The Bertz CT molecular complexity index is 631. The molecule has 0 amide bonds. The Balaban J connectivity index is 2.42. The first kappa shape index (κ1) is 14.5. The molecular weight excluding hydrogens is 279 g/mol. The van der Waals surface area contributed by atoms with Gasteiger partial charge in [-0.1, -0.05) is 18.5 Å². The summed E-state index contributed by atoms with van der Waals surface area (Å²) in [5, 5.41) is 6.37. The Morgan fingerprint density at radius 3 is 2.55 bits per heavy atom. The molecule has 6 heteroatoms. The van der Waals surface area contributed by atoms with Crippen molar-refractivity contribution in [1.82, 2.24) is 9.97 Å². The summed E-state index contributed by atoms with van der Waals surface area (Å²) in [6, 6.07) is 4.48. The molecular formula is C14H16ClFN4. The molecule has 0 aliphatic carbocycles. The standard InChI is InChI=1S/C14H16ClFN4/c1-4-12-19-13(17-3)8(2)14(20-12)18-11-6-5-9(15)7-10(11)16/h5-7H,4H2,1-3H3,(H2,17,18,19,20). The molecule has 1 aromatic carbocycles. The third kappa shape index (κ3) is 2.99. The number of aryl methyl sites for hydroxylation is 1. The molecule has 2 rings (SSSR count). The number of hydrogen-bond acceptors (Lipinski definition) is 4. The van der Waals surface area contributed by atoms with E-state index in [0.717, 1.165) is 11.4 Å². The highest BCUT2D eigenvalue weighted by atomic mass is 35.5. The van der Waals surface area contributed by atoms with E-state index < -0.39 is 5.82 Å². The molecule has 0 fully saturated rings. The molecule has 0 unspecified atom stereocenters. The number of benzene rings is 1. The second-order valence-electron chi connectivity index (χ2n) is 4.31. The van der Waals surface area contributed by atoms with Crippen molar-refractivity contribution >= 4 is 28.9 Å². The van der Waals surface area contributed by atoms with Crippen molar-refractivity contribution in [3.63, 3.8) is 0 Å². The van der Waals surface area contributed by atoms with E-state index in [4.69, 9.17) is 11.6 Å². The number of halogens is 2. The highest BCUT2D eigenvalue weighted by Gasteiger charge is 2.11. The fourth-order valence-corrected chi connectivity index (χ4v) is 1.96. The van der Waals surface area contributed by atoms with Crippen LogP contribution in [0.1, 0.15) is 18.3 Å². The maximum Gasteiger partial charge on any atom is 0.148 e. The molecule has 106 valence electrons. The average Bonchev–Trinajstić information content (AvgIpc) is 2.43. The van der Waals surface area contributed by atoms with Crippen molar-refractivity contribution in [3.05, 3.63) is 40.4 Å². The second kappa shape index (κ2) is 6.05. The van der Waals surface area contributed by atoms with Crippen LogP contribution in [0.15, 0.2) is 18.2 Å². The molecule has 0 saturated heterocycles. The van der Waals surface area contributed by atoms with Gasteiger partial charge in [0.1, 0.15) is 23.3 Å². The Labute approximate surface area is 122 Å². The van der Waals surface area contributed by atoms with Crippen molar-refractivity contribution in [2.75, 3.05) is 17.7 Å². The Morgan fingerprint density at radius 1 is 1.25 bits per heavy atom. The predicted molar refractivity (Wildman–Crippen MR) is 80.4 cm³/mol. The Morgan fingerprint density at radius 2 is 1.95 bits per heavy atom. The molecule has 20 heavy (non-hydrogen) atoms. The SMILES string of the molecule is CCc1nc(NC)c(C)c(Nc2ccc(Cl)cc2F)n1. The van der Waals surface area contributed by atoms with Gasteiger partial charge in [0, 0.05) is 24.1 Å². The fourth-order valence-electron chi connectivity index (χ4n) is 1.80. The first-order chi connectivity index (χ1) is 9.55. The Kier molecular flexibility index (Phi) is 4.39.